The maximum atomic E-state index is 13.8. The van der Waals surface area contributed by atoms with E-state index in [0.29, 0.717) is 37.4 Å². The second-order valence-electron chi connectivity index (χ2n) is 11.2. The van der Waals surface area contributed by atoms with Gasteiger partial charge in [0.15, 0.2) is 0 Å². The van der Waals surface area contributed by atoms with E-state index in [0.717, 1.165) is 49.4 Å². The molecule has 10 nitrogen and oxygen atoms in total. The Hall–Kier alpha value is -3.56. The van der Waals surface area contributed by atoms with Gasteiger partial charge in [0.25, 0.3) is 5.91 Å². The van der Waals surface area contributed by atoms with Crippen molar-refractivity contribution < 1.29 is 23.9 Å². The number of hydrogen-bond donors (Lipinski definition) is 4. The third-order valence-electron chi connectivity index (χ3n) is 8.62. The van der Waals surface area contributed by atoms with Crippen LogP contribution in [-0.4, -0.2) is 65.8 Å². The zero-order valence-electron chi connectivity index (χ0n) is 21.9. The minimum absolute atomic E-state index is 0.114. The Labute approximate surface area is 222 Å². The topological polar surface area (TPSA) is 147 Å². The Morgan fingerprint density at radius 1 is 1.18 bits per heavy atom. The first-order valence-corrected chi connectivity index (χ1v) is 13.6. The van der Waals surface area contributed by atoms with Crippen LogP contribution in [-0.2, 0) is 14.4 Å². The number of fused-ring (bicyclic) bond motifs is 1. The number of H-pyrrole nitrogens is 1. The van der Waals surface area contributed by atoms with Gasteiger partial charge >= 0.3 is 0 Å². The number of aromatic nitrogens is 1. The van der Waals surface area contributed by atoms with Gasteiger partial charge in [0.05, 0.1) is 7.11 Å². The molecule has 3 fully saturated rings. The molecule has 2 aromatic rings. The molecule has 1 saturated carbocycles. The van der Waals surface area contributed by atoms with E-state index in [9.17, 15) is 19.2 Å². The van der Waals surface area contributed by atoms with Gasteiger partial charge in [0.2, 0.25) is 17.7 Å². The number of aromatic amines is 1. The lowest BCUT2D eigenvalue weighted by Gasteiger charge is -2.32. The van der Waals surface area contributed by atoms with Crippen LogP contribution in [0.3, 0.4) is 0 Å². The molecule has 5 rings (SSSR count). The van der Waals surface area contributed by atoms with Gasteiger partial charge < -0.3 is 31.0 Å². The lowest BCUT2D eigenvalue weighted by molar-refractivity contribution is -0.132. The summed E-state index contributed by atoms with van der Waals surface area (Å²) in [4.78, 5) is 56.9. The van der Waals surface area contributed by atoms with E-state index in [2.05, 4.69) is 15.6 Å². The van der Waals surface area contributed by atoms with Crippen LogP contribution in [0.25, 0.3) is 10.9 Å². The number of carbonyl (C=O) groups is 4. The van der Waals surface area contributed by atoms with Gasteiger partial charge in [0, 0.05) is 29.9 Å². The molecule has 0 radical (unpaired) electrons. The fourth-order valence-electron chi connectivity index (χ4n) is 6.53. The fraction of sp³-hybridized carbons (Fsp3) is 0.571. The smallest absolute Gasteiger partial charge is 0.271 e. The standard InChI is InChI=1S/C28H37N5O5/c1-38-19-7-8-20-18(12-19)14-22(31-20)27(37)33-16-28(9-3-2-4-10-28)15-23(33)26(36)32-21(24(29)34)13-17-6-5-11-30-25(17)35/h7-8,12,14,17,21,23,31H,2-6,9-11,13,15-16H2,1H3,(H2,29,34)(H,30,35)(H,32,36)/t17-,21-,23-/m0/s1. The molecular formula is C28H37N5O5. The summed E-state index contributed by atoms with van der Waals surface area (Å²) in [6.07, 6.45) is 7.40. The summed E-state index contributed by atoms with van der Waals surface area (Å²) >= 11 is 0. The average Bonchev–Trinajstić information content (AvgIpc) is 3.51. The normalized spacial score (nSPS) is 23.7. The molecule has 3 heterocycles. The molecule has 4 amide bonds. The van der Waals surface area contributed by atoms with E-state index in [1.807, 2.05) is 18.2 Å². The maximum absolute atomic E-state index is 13.8. The van der Waals surface area contributed by atoms with E-state index in [4.69, 9.17) is 10.5 Å². The molecule has 2 aliphatic heterocycles. The zero-order valence-corrected chi connectivity index (χ0v) is 21.9. The number of ether oxygens (including phenoxy) is 1. The Kier molecular flexibility index (Phi) is 7.32. The quantitative estimate of drug-likeness (QED) is 0.440. The summed E-state index contributed by atoms with van der Waals surface area (Å²) in [6.45, 7) is 1.11. The van der Waals surface area contributed by atoms with E-state index < -0.39 is 23.9 Å². The first-order valence-electron chi connectivity index (χ1n) is 13.6. The predicted octanol–water partition coefficient (Wildman–Crippen LogP) is 2.23. The maximum Gasteiger partial charge on any atom is 0.271 e. The molecule has 204 valence electrons. The van der Waals surface area contributed by atoms with E-state index >= 15 is 0 Å². The summed E-state index contributed by atoms with van der Waals surface area (Å²) in [7, 11) is 1.59. The van der Waals surface area contributed by atoms with Gasteiger partial charge in [-0.3, -0.25) is 19.2 Å². The number of carbonyl (C=O) groups excluding carboxylic acids is 4. The van der Waals surface area contributed by atoms with Crippen molar-refractivity contribution >= 4 is 34.5 Å². The number of rotatable bonds is 7. The summed E-state index contributed by atoms with van der Waals surface area (Å²) in [5, 5.41) is 6.47. The zero-order chi connectivity index (χ0) is 26.9. The number of amides is 4. The van der Waals surface area contributed by atoms with Crippen LogP contribution in [0.15, 0.2) is 24.3 Å². The second kappa shape index (κ2) is 10.7. The molecule has 1 aromatic carbocycles. The van der Waals surface area contributed by atoms with E-state index in [1.165, 1.54) is 0 Å². The highest BCUT2D eigenvalue weighted by atomic mass is 16.5. The van der Waals surface area contributed by atoms with Gasteiger partial charge in [-0.1, -0.05) is 19.3 Å². The van der Waals surface area contributed by atoms with Crippen LogP contribution in [0, 0.1) is 11.3 Å². The third-order valence-corrected chi connectivity index (χ3v) is 8.62. The van der Waals surface area contributed by atoms with Crippen molar-refractivity contribution in [2.24, 2.45) is 17.1 Å². The van der Waals surface area contributed by atoms with Crippen molar-refractivity contribution in [1.82, 2.24) is 20.5 Å². The lowest BCUT2D eigenvalue weighted by Crippen LogP contribution is -2.53. The van der Waals surface area contributed by atoms with Crippen molar-refractivity contribution in [3.63, 3.8) is 0 Å². The molecule has 38 heavy (non-hydrogen) atoms. The number of piperidine rings is 1. The van der Waals surface area contributed by atoms with Gasteiger partial charge in [-0.15, -0.1) is 0 Å². The number of benzene rings is 1. The van der Waals surface area contributed by atoms with Crippen LogP contribution in [0.1, 0.15) is 68.3 Å². The molecule has 1 spiro atoms. The number of hydrogen-bond acceptors (Lipinski definition) is 5. The van der Waals surface area contributed by atoms with Crippen LogP contribution in [0.2, 0.25) is 0 Å². The van der Waals surface area contributed by atoms with Gasteiger partial charge in [0.1, 0.15) is 23.5 Å². The summed E-state index contributed by atoms with van der Waals surface area (Å²) in [6, 6.07) is 5.64. The highest BCUT2D eigenvalue weighted by molar-refractivity contribution is 6.01. The number of likely N-dealkylation sites (tertiary alicyclic amines) is 1. The van der Waals surface area contributed by atoms with Gasteiger partial charge in [-0.25, -0.2) is 0 Å². The van der Waals surface area contributed by atoms with E-state index in [1.54, 1.807) is 18.1 Å². The van der Waals surface area contributed by atoms with Crippen LogP contribution in [0.4, 0.5) is 0 Å². The first kappa shape index (κ1) is 26.1. The van der Waals surface area contributed by atoms with E-state index in [-0.39, 0.29) is 29.6 Å². The number of nitrogens with two attached hydrogens (primary N) is 1. The number of primary amides is 1. The molecule has 10 heteroatoms. The molecule has 3 atom stereocenters. The van der Waals surface area contributed by atoms with Gasteiger partial charge in [-0.2, -0.15) is 0 Å². The Bertz CT molecular complexity index is 1230. The Balaban J connectivity index is 1.38. The lowest BCUT2D eigenvalue weighted by atomic mass is 9.72. The molecule has 3 aliphatic rings. The average molecular weight is 524 g/mol. The number of methoxy groups -OCH3 is 1. The monoisotopic (exact) mass is 523 g/mol. The molecule has 2 saturated heterocycles. The van der Waals surface area contributed by atoms with Crippen LogP contribution >= 0.6 is 0 Å². The Morgan fingerprint density at radius 3 is 2.68 bits per heavy atom. The second-order valence-corrected chi connectivity index (χ2v) is 11.2. The van der Waals surface area contributed by atoms with Crippen molar-refractivity contribution in [3.05, 3.63) is 30.0 Å². The third kappa shape index (κ3) is 5.21. The number of nitrogens with one attached hydrogen (secondary N) is 3. The van der Waals surface area contributed by atoms with Gasteiger partial charge in [-0.05, 0) is 68.2 Å². The first-order chi connectivity index (χ1) is 18.3. The van der Waals surface area contributed by atoms with Crippen LogP contribution < -0.4 is 21.1 Å². The predicted molar refractivity (Wildman–Crippen MR) is 141 cm³/mol. The largest absolute Gasteiger partial charge is 0.497 e. The molecule has 0 unspecified atom stereocenters. The minimum Gasteiger partial charge on any atom is -0.497 e. The minimum atomic E-state index is -0.975. The molecule has 1 aliphatic carbocycles. The van der Waals surface area contributed by atoms with Crippen molar-refractivity contribution in [1.29, 1.82) is 0 Å². The Morgan fingerprint density at radius 2 is 1.97 bits per heavy atom. The van der Waals surface area contributed by atoms with Crippen molar-refractivity contribution in [2.45, 2.75) is 69.9 Å². The molecule has 0 bridgehead atoms. The highest BCUT2D eigenvalue weighted by Gasteiger charge is 2.49. The molecular weight excluding hydrogens is 486 g/mol. The summed E-state index contributed by atoms with van der Waals surface area (Å²) in [5.41, 5.74) is 6.75. The van der Waals surface area contributed by atoms with Crippen molar-refractivity contribution in [3.8, 4) is 5.75 Å². The van der Waals surface area contributed by atoms with Crippen molar-refractivity contribution in [2.75, 3.05) is 20.2 Å². The summed E-state index contributed by atoms with van der Waals surface area (Å²) < 4.78 is 5.31. The van der Waals surface area contributed by atoms with Crippen LogP contribution in [0.5, 0.6) is 5.75 Å². The molecule has 5 N–H and O–H groups in total. The fourth-order valence-corrected chi connectivity index (χ4v) is 6.53. The summed E-state index contributed by atoms with van der Waals surface area (Å²) in [5.74, 6) is -1.12. The SMILES string of the molecule is COc1ccc2[nH]c(C(=O)N3CC4(CCCCC4)C[C@H]3C(=O)N[C@@H](C[C@@H]3CCCNC3=O)C(N)=O)cc2c1. The number of nitrogens with zero attached hydrogens (tertiary/aromatic N) is 1. The molecule has 1 aromatic heterocycles. The highest BCUT2D eigenvalue weighted by Crippen LogP contribution is 2.46.